The Morgan fingerprint density at radius 2 is 2.37 bits per heavy atom. The Hall–Kier alpha value is -1.40. The van der Waals surface area contributed by atoms with Crippen LogP contribution in [0.3, 0.4) is 0 Å². The lowest BCUT2D eigenvalue weighted by atomic mass is 10.1. The van der Waals surface area contributed by atoms with Crippen molar-refractivity contribution in [3.05, 3.63) is 27.4 Å². The minimum atomic E-state index is -0.470. The van der Waals surface area contributed by atoms with E-state index in [0.717, 1.165) is 25.9 Å². The normalized spacial score (nSPS) is 19.2. The number of nitro groups is 1. The second-order valence-electron chi connectivity index (χ2n) is 4.63. The van der Waals surface area contributed by atoms with Gasteiger partial charge in [-0.05, 0) is 19.3 Å². The third-order valence-corrected chi connectivity index (χ3v) is 3.31. The molecule has 1 aromatic rings. The zero-order chi connectivity index (χ0) is 13.8. The lowest BCUT2D eigenvalue weighted by Gasteiger charge is -2.27. The van der Waals surface area contributed by atoms with E-state index in [9.17, 15) is 10.1 Å². The van der Waals surface area contributed by atoms with Gasteiger partial charge in [-0.2, -0.15) is 0 Å². The molecule has 0 amide bonds. The molecule has 0 N–H and O–H groups in total. The Morgan fingerprint density at radius 3 is 3.00 bits per heavy atom. The molecule has 0 saturated carbocycles. The predicted octanol–water partition coefficient (Wildman–Crippen LogP) is 2.65. The lowest BCUT2D eigenvalue weighted by molar-refractivity contribution is -0.384. The molecule has 1 aliphatic heterocycles. The van der Waals surface area contributed by atoms with Crippen molar-refractivity contribution in [2.45, 2.75) is 25.4 Å². The van der Waals surface area contributed by atoms with Crippen LogP contribution >= 0.6 is 11.6 Å². The maximum atomic E-state index is 10.8. The molecule has 2 heterocycles. The minimum Gasteiger partial charge on any atom is -0.376 e. The first kappa shape index (κ1) is 14.0. The van der Waals surface area contributed by atoms with Crippen LogP contribution in [0.5, 0.6) is 0 Å². The molecule has 1 unspecified atom stereocenters. The smallest absolute Gasteiger partial charge is 0.276 e. The molecule has 0 aliphatic carbocycles. The summed E-state index contributed by atoms with van der Waals surface area (Å²) < 4.78 is 5.64. The van der Waals surface area contributed by atoms with Gasteiger partial charge in [0.15, 0.2) is 0 Å². The van der Waals surface area contributed by atoms with Gasteiger partial charge in [-0.3, -0.25) is 10.1 Å². The number of pyridine rings is 1. The number of likely N-dealkylation sites (N-methyl/N-ethyl adjacent to an activating group) is 1. The van der Waals surface area contributed by atoms with Gasteiger partial charge in [0.1, 0.15) is 11.0 Å². The standard InChI is InChI=1S/C12H16ClN3O3/c1-15(8-10-4-2-3-5-19-10)12-7-9(16(17)18)6-11(13)14-12/h6-7,10H,2-5,8H2,1H3. The third-order valence-electron chi connectivity index (χ3n) is 3.12. The first-order chi connectivity index (χ1) is 9.06. The van der Waals surface area contributed by atoms with Gasteiger partial charge >= 0.3 is 0 Å². The molecule has 1 atom stereocenters. The maximum absolute atomic E-state index is 10.8. The highest BCUT2D eigenvalue weighted by atomic mass is 35.5. The molecule has 7 heteroatoms. The summed E-state index contributed by atoms with van der Waals surface area (Å²) in [7, 11) is 1.83. The van der Waals surface area contributed by atoms with Crippen LogP contribution in [-0.4, -0.2) is 36.2 Å². The Bertz CT molecular complexity index is 464. The van der Waals surface area contributed by atoms with E-state index in [1.807, 2.05) is 11.9 Å². The molecule has 1 fully saturated rings. The van der Waals surface area contributed by atoms with Crippen molar-refractivity contribution >= 4 is 23.1 Å². The Labute approximate surface area is 116 Å². The van der Waals surface area contributed by atoms with Gasteiger partial charge in [-0.25, -0.2) is 4.98 Å². The fraction of sp³-hybridized carbons (Fsp3) is 0.583. The van der Waals surface area contributed by atoms with Crippen molar-refractivity contribution < 1.29 is 9.66 Å². The van der Waals surface area contributed by atoms with Gasteiger partial charge < -0.3 is 9.64 Å². The molecule has 1 saturated heterocycles. The van der Waals surface area contributed by atoms with Gasteiger partial charge in [0.05, 0.1) is 23.2 Å². The van der Waals surface area contributed by atoms with Crippen LogP contribution in [0, 0.1) is 10.1 Å². The summed E-state index contributed by atoms with van der Waals surface area (Å²) in [6, 6.07) is 2.67. The van der Waals surface area contributed by atoms with Crippen molar-refractivity contribution in [2.75, 3.05) is 25.1 Å². The molecule has 6 nitrogen and oxygen atoms in total. The second-order valence-corrected chi connectivity index (χ2v) is 5.02. The molecule has 19 heavy (non-hydrogen) atoms. The topological polar surface area (TPSA) is 68.5 Å². The van der Waals surface area contributed by atoms with Crippen LogP contribution in [0.4, 0.5) is 11.5 Å². The van der Waals surface area contributed by atoms with Crippen LogP contribution in [-0.2, 0) is 4.74 Å². The van der Waals surface area contributed by atoms with Crippen LogP contribution in [0.25, 0.3) is 0 Å². The van der Waals surface area contributed by atoms with E-state index in [4.69, 9.17) is 16.3 Å². The number of hydrogen-bond donors (Lipinski definition) is 0. The average Bonchev–Trinajstić information content (AvgIpc) is 2.39. The highest BCUT2D eigenvalue weighted by molar-refractivity contribution is 6.29. The Morgan fingerprint density at radius 1 is 1.58 bits per heavy atom. The zero-order valence-electron chi connectivity index (χ0n) is 10.7. The fourth-order valence-corrected chi connectivity index (χ4v) is 2.32. The zero-order valence-corrected chi connectivity index (χ0v) is 11.5. The molecular formula is C12H16ClN3O3. The first-order valence-corrected chi connectivity index (χ1v) is 6.59. The number of nitrogens with zero attached hydrogens (tertiary/aromatic N) is 3. The highest BCUT2D eigenvalue weighted by Gasteiger charge is 2.18. The van der Waals surface area contributed by atoms with E-state index in [2.05, 4.69) is 4.98 Å². The molecule has 1 aliphatic rings. The van der Waals surface area contributed by atoms with E-state index < -0.39 is 4.92 Å². The van der Waals surface area contributed by atoms with Crippen LogP contribution in [0.2, 0.25) is 5.15 Å². The van der Waals surface area contributed by atoms with Gasteiger partial charge in [0.2, 0.25) is 0 Å². The molecule has 0 bridgehead atoms. The molecule has 0 radical (unpaired) electrons. The molecule has 0 aromatic carbocycles. The largest absolute Gasteiger partial charge is 0.376 e. The molecule has 0 spiro atoms. The summed E-state index contributed by atoms with van der Waals surface area (Å²) in [4.78, 5) is 16.3. The number of rotatable bonds is 4. The van der Waals surface area contributed by atoms with Gasteiger partial charge in [0.25, 0.3) is 5.69 Å². The van der Waals surface area contributed by atoms with E-state index in [1.54, 1.807) is 0 Å². The van der Waals surface area contributed by atoms with Crippen LogP contribution in [0.1, 0.15) is 19.3 Å². The van der Waals surface area contributed by atoms with Crippen molar-refractivity contribution in [1.82, 2.24) is 4.98 Å². The van der Waals surface area contributed by atoms with E-state index in [-0.39, 0.29) is 16.9 Å². The van der Waals surface area contributed by atoms with Gasteiger partial charge in [0, 0.05) is 20.2 Å². The van der Waals surface area contributed by atoms with E-state index >= 15 is 0 Å². The van der Waals surface area contributed by atoms with Crippen molar-refractivity contribution in [2.24, 2.45) is 0 Å². The van der Waals surface area contributed by atoms with Crippen molar-refractivity contribution in [3.8, 4) is 0 Å². The number of aromatic nitrogens is 1. The molecule has 1 aromatic heterocycles. The summed E-state index contributed by atoms with van der Waals surface area (Å²) in [5, 5.41) is 10.9. The molecular weight excluding hydrogens is 270 g/mol. The predicted molar refractivity (Wildman–Crippen MR) is 72.8 cm³/mol. The van der Waals surface area contributed by atoms with Gasteiger partial charge in [-0.1, -0.05) is 11.6 Å². The highest BCUT2D eigenvalue weighted by Crippen LogP contribution is 2.23. The van der Waals surface area contributed by atoms with Crippen LogP contribution < -0.4 is 4.90 Å². The molecule has 104 valence electrons. The van der Waals surface area contributed by atoms with E-state index in [0.29, 0.717) is 12.4 Å². The quantitative estimate of drug-likeness (QED) is 0.483. The molecule has 2 rings (SSSR count). The summed E-state index contributed by atoms with van der Waals surface area (Å²) in [6.45, 7) is 1.44. The number of hydrogen-bond acceptors (Lipinski definition) is 5. The summed E-state index contributed by atoms with van der Waals surface area (Å²) in [6.07, 6.45) is 3.41. The number of halogens is 1. The first-order valence-electron chi connectivity index (χ1n) is 6.21. The van der Waals surface area contributed by atoms with Crippen molar-refractivity contribution in [3.63, 3.8) is 0 Å². The van der Waals surface area contributed by atoms with E-state index in [1.165, 1.54) is 12.1 Å². The number of anilines is 1. The summed E-state index contributed by atoms with van der Waals surface area (Å²) >= 11 is 5.81. The summed E-state index contributed by atoms with van der Waals surface area (Å²) in [5.74, 6) is 0.494. The lowest BCUT2D eigenvalue weighted by Crippen LogP contribution is -2.33. The third kappa shape index (κ3) is 3.78. The minimum absolute atomic E-state index is 0.0496. The number of ether oxygens (including phenoxy) is 1. The second kappa shape index (κ2) is 6.16. The van der Waals surface area contributed by atoms with Gasteiger partial charge in [-0.15, -0.1) is 0 Å². The summed E-state index contributed by atoms with van der Waals surface area (Å²) in [5.41, 5.74) is -0.0496. The van der Waals surface area contributed by atoms with Crippen LogP contribution in [0.15, 0.2) is 12.1 Å². The monoisotopic (exact) mass is 285 g/mol. The average molecular weight is 286 g/mol. The maximum Gasteiger partial charge on any atom is 0.276 e. The van der Waals surface area contributed by atoms with Crippen molar-refractivity contribution in [1.29, 1.82) is 0 Å². The SMILES string of the molecule is CN(CC1CCCCO1)c1cc([N+](=O)[O-])cc(Cl)n1. The Balaban J connectivity index is 2.09. The fourth-order valence-electron chi connectivity index (χ4n) is 2.12. The Kier molecular flexibility index (Phi) is 4.55.